The van der Waals surface area contributed by atoms with E-state index >= 15 is 0 Å². The fourth-order valence-corrected chi connectivity index (χ4v) is 0.451. The monoisotopic (exact) mass is 147 g/mol. The van der Waals surface area contributed by atoms with Gasteiger partial charge in [-0.1, -0.05) is 0 Å². The van der Waals surface area contributed by atoms with Gasteiger partial charge in [-0.15, -0.1) is 0 Å². The SMILES string of the molecule is [CH2]C(O)C(O)C(O)C(C)=O. The molecule has 0 fully saturated rings. The molecular formula is C6H11O4. The summed E-state index contributed by atoms with van der Waals surface area (Å²) >= 11 is 0. The molecule has 0 bridgehead atoms. The van der Waals surface area contributed by atoms with Crippen LogP contribution in [-0.4, -0.2) is 39.4 Å². The molecule has 0 saturated carbocycles. The van der Waals surface area contributed by atoms with Gasteiger partial charge in [0.25, 0.3) is 0 Å². The molecule has 0 heterocycles. The molecule has 0 aromatic rings. The van der Waals surface area contributed by atoms with Gasteiger partial charge in [-0.05, 0) is 13.8 Å². The molecule has 0 aromatic carbocycles. The fraction of sp³-hybridized carbons (Fsp3) is 0.667. The van der Waals surface area contributed by atoms with Crippen molar-refractivity contribution in [1.82, 2.24) is 0 Å². The molecule has 0 aromatic heterocycles. The molecule has 3 atom stereocenters. The van der Waals surface area contributed by atoms with E-state index in [0.717, 1.165) is 6.92 Å². The van der Waals surface area contributed by atoms with Gasteiger partial charge in [-0.3, -0.25) is 4.79 Å². The Hall–Kier alpha value is -0.450. The van der Waals surface area contributed by atoms with Gasteiger partial charge in [0.15, 0.2) is 5.78 Å². The molecule has 0 rings (SSSR count). The highest BCUT2D eigenvalue weighted by atomic mass is 16.4. The summed E-state index contributed by atoms with van der Waals surface area (Å²) in [6, 6.07) is 0. The van der Waals surface area contributed by atoms with Crippen LogP contribution >= 0.6 is 0 Å². The summed E-state index contributed by atoms with van der Waals surface area (Å²) in [5.41, 5.74) is 0. The Kier molecular flexibility index (Phi) is 3.49. The lowest BCUT2D eigenvalue weighted by atomic mass is 10.1. The molecule has 4 nitrogen and oxygen atoms in total. The van der Waals surface area contributed by atoms with Crippen molar-refractivity contribution in [2.45, 2.75) is 25.2 Å². The molecule has 10 heavy (non-hydrogen) atoms. The van der Waals surface area contributed by atoms with E-state index in [9.17, 15) is 4.79 Å². The minimum Gasteiger partial charge on any atom is -0.390 e. The first-order valence-corrected chi connectivity index (χ1v) is 2.84. The molecule has 0 saturated heterocycles. The van der Waals surface area contributed by atoms with Crippen LogP contribution < -0.4 is 0 Å². The highest BCUT2D eigenvalue weighted by molar-refractivity contribution is 5.80. The predicted molar refractivity (Wildman–Crippen MR) is 34.1 cm³/mol. The molecular weight excluding hydrogens is 136 g/mol. The predicted octanol–water partition coefficient (Wildman–Crippen LogP) is -1.51. The average molecular weight is 147 g/mol. The van der Waals surface area contributed by atoms with Crippen molar-refractivity contribution in [3.05, 3.63) is 6.92 Å². The topological polar surface area (TPSA) is 77.8 Å². The second-order valence-electron chi connectivity index (χ2n) is 2.11. The lowest BCUT2D eigenvalue weighted by Crippen LogP contribution is -2.39. The molecule has 0 aliphatic rings. The highest BCUT2D eigenvalue weighted by Gasteiger charge is 2.24. The first-order chi connectivity index (χ1) is 4.46. The summed E-state index contributed by atoms with van der Waals surface area (Å²) in [5.74, 6) is -0.588. The van der Waals surface area contributed by atoms with Gasteiger partial charge in [0.2, 0.25) is 0 Å². The van der Waals surface area contributed by atoms with Crippen LogP contribution in [0.3, 0.4) is 0 Å². The normalized spacial score (nSPS) is 19.7. The van der Waals surface area contributed by atoms with Crippen molar-refractivity contribution in [3.8, 4) is 0 Å². The van der Waals surface area contributed by atoms with E-state index in [0.29, 0.717) is 0 Å². The van der Waals surface area contributed by atoms with Crippen molar-refractivity contribution in [2.24, 2.45) is 0 Å². The lowest BCUT2D eigenvalue weighted by Gasteiger charge is -2.16. The number of hydrogen-bond donors (Lipinski definition) is 3. The molecule has 1 radical (unpaired) electrons. The van der Waals surface area contributed by atoms with E-state index in [1.165, 1.54) is 0 Å². The Labute approximate surface area is 59.1 Å². The molecule has 59 valence electrons. The number of Topliss-reactive ketones (excluding diaryl/α,β-unsaturated/α-hetero) is 1. The van der Waals surface area contributed by atoms with E-state index in [4.69, 9.17) is 15.3 Å². The van der Waals surface area contributed by atoms with Crippen LogP contribution in [0.25, 0.3) is 0 Å². The molecule has 3 unspecified atom stereocenters. The fourth-order valence-electron chi connectivity index (χ4n) is 0.451. The summed E-state index contributed by atoms with van der Waals surface area (Å²) in [5, 5.41) is 26.1. The third-order valence-electron chi connectivity index (χ3n) is 1.13. The van der Waals surface area contributed by atoms with Crippen molar-refractivity contribution in [2.75, 3.05) is 0 Å². The number of aliphatic hydroxyl groups excluding tert-OH is 3. The van der Waals surface area contributed by atoms with Crippen LogP contribution in [0.15, 0.2) is 0 Å². The number of aliphatic hydroxyl groups is 3. The standard InChI is InChI=1S/C6H11O4/c1-3(7)5(9)6(10)4(2)8/h3,5-7,9-10H,1H2,2H3. The second kappa shape index (κ2) is 3.65. The van der Waals surface area contributed by atoms with Crippen LogP contribution in [0.4, 0.5) is 0 Å². The van der Waals surface area contributed by atoms with Crippen molar-refractivity contribution >= 4 is 5.78 Å². The van der Waals surface area contributed by atoms with Gasteiger partial charge >= 0.3 is 0 Å². The number of rotatable bonds is 3. The lowest BCUT2D eigenvalue weighted by molar-refractivity contribution is -0.134. The molecule has 0 amide bonds. The molecule has 0 spiro atoms. The third-order valence-corrected chi connectivity index (χ3v) is 1.13. The number of carbonyl (C=O) groups is 1. The Morgan fingerprint density at radius 3 is 1.90 bits per heavy atom. The second-order valence-corrected chi connectivity index (χ2v) is 2.11. The Bertz CT molecular complexity index is 121. The summed E-state index contributed by atoms with van der Waals surface area (Å²) < 4.78 is 0. The van der Waals surface area contributed by atoms with Gasteiger partial charge in [0.05, 0.1) is 6.10 Å². The minimum atomic E-state index is -1.53. The van der Waals surface area contributed by atoms with Gasteiger partial charge in [0.1, 0.15) is 12.2 Å². The summed E-state index contributed by atoms with van der Waals surface area (Å²) in [6.45, 7) is 4.16. The maximum atomic E-state index is 10.3. The van der Waals surface area contributed by atoms with E-state index in [1.807, 2.05) is 0 Å². The Balaban J connectivity index is 3.94. The van der Waals surface area contributed by atoms with Crippen LogP contribution in [-0.2, 0) is 4.79 Å². The van der Waals surface area contributed by atoms with Crippen LogP contribution in [0.5, 0.6) is 0 Å². The van der Waals surface area contributed by atoms with Gasteiger partial charge in [-0.2, -0.15) is 0 Å². The van der Waals surface area contributed by atoms with Crippen LogP contribution in [0, 0.1) is 6.92 Å². The zero-order valence-corrected chi connectivity index (χ0v) is 5.69. The van der Waals surface area contributed by atoms with Crippen LogP contribution in [0.1, 0.15) is 6.92 Å². The van der Waals surface area contributed by atoms with Crippen molar-refractivity contribution in [3.63, 3.8) is 0 Å². The molecule has 0 aliphatic carbocycles. The first kappa shape index (κ1) is 9.55. The van der Waals surface area contributed by atoms with E-state index < -0.39 is 24.1 Å². The van der Waals surface area contributed by atoms with Crippen molar-refractivity contribution in [1.29, 1.82) is 0 Å². The number of carbonyl (C=O) groups excluding carboxylic acids is 1. The van der Waals surface area contributed by atoms with E-state index in [2.05, 4.69) is 6.92 Å². The number of hydrogen-bond acceptors (Lipinski definition) is 4. The largest absolute Gasteiger partial charge is 0.390 e. The summed E-state index contributed by atoms with van der Waals surface area (Å²) in [7, 11) is 0. The van der Waals surface area contributed by atoms with Gasteiger partial charge in [0, 0.05) is 0 Å². The Morgan fingerprint density at radius 2 is 1.80 bits per heavy atom. The summed E-state index contributed by atoms with van der Waals surface area (Å²) in [6.07, 6.45) is -4.36. The zero-order chi connectivity index (χ0) is 8.31. The molecule has 0 aliphatic heterocycles. The smallest absolute Gasteiger partial charge is 0.160 e. The Morgan fingerprint density at radius 1 is 1.40 bits per heavy atom. The van der Waals surface area contributed by atoms with Crippen LogP contribution in [0.2, 0.25) is 0 Å². The molecule has 4 heteroatoms. The van der Waals surface area contributed by atoms with E-state index in [1.54, 1.807) is 0 Å². The van der Waals surface area contributed by atoms with E-state index in [-0.39, 0.29) is 0 Å². The zero-order valence-electron chi connectivity index (χ0n) is 5.69. The summed E-state index contributed by atoms with van der Waals surface area (Å²) in [4.78, 5) is 10.3. The quantitative estimate of drug-likeness (QED) is 0.453. The van der Waals surface area contributed by atoms with Gasteiger partial charge < -0.3 is 15.3 Å². The highest BCUT2D eigenvalue weighted by Crippen LogP contribution is 1.99. The molecule has 3 N–H and O–H groups in total. The van der Waals surface area contributed by atoms with Gasteiger partial charge in [-0.25, -0.2) is 0 Å². The van der Waals surface area contributed by atoms with Crippen molar-refractivity contribution < 1.29 is 20.1 Å². The third kappa shape index (κ3) is 2.43. The minimum absolute atomic E-state index is 0.588. The average Bonchev–Trinajstić information content (AvgIpc) is 1.84. The maximum absolute atomic E-state index is 10.3. The maximum Gasteiger partial charge on any atom is 0.160 e. The first-order valence-electron chi connectivity index (χ1n) is 2.84. The number of ketones is 1.